The van der Waals surface area contributed by atoms with Gasteiger partial charge >= 0.3 is 0 Å². The second-order valence-electron chi connectivity index (χ2n) is 7.75. The zero-order valence-corrected chi connectivity index (χ0v) is 13.5. The molecule has 2 rings (SSSR count). The van der Waals surface area contributed by atoms with Crippen LogP contribution in [-0.2, 0) is 0 Å². The lowest BCUT2D eigenvalue weighted by Crippen LogP contribution is -2.31. The molecule has 0 N–H and O–H groups in total. The standard InChI is InChI=1S/C16H29P/c1-15(2,3)17(16(4,5)6)14-11-10-12-8-7-9-13(12)14/h14H,7-11H2,1-6H3. The zero-order chi connectivity index (χ0) is 12.8. The van der Waals surface area contributed by atoms with E-state index in [9.17, 15) is 0 Å². The van der Waals surface area contributed by atoms with Crippen molar-refractivity contribution in [1.29, 1.82) is 0 Å². The third-order valence-electron chi connectivity index (χ3n) is 4.26. The molecule has 1 heteroatoms. The normalized spacial score (nSPS) is 25.9. The predicted octanol–water partition coefficient (Wildman–Crippen LogP) is 5.71. The van der Waals surface area contributed by atoms with Crippen LogP contribution in [-0.4, -0.2) is 16.0 Å². The van der Waals surface area contributed by atoms with Crippen LogP contribution in [0.2, 0.25) is 0 Å². The van der Waals surface area contributed by atoms with E-state index in [4.69, 9.17) is 0 Å². The average molecular weight is 252 g/mol. The monoisotopic (exact) mass is 252 g/mol. The predicted molar refractivity (Wildman–Crippen MR) is 80.3 cm³/mol. The molecule has 0 spiro atoms. The van der Waals surface area contributed by atoms with Gasteiger partial charge in [-0.15, -0.1) is 0 Å². The Labute approximate surface area is 109 Å². The molecule has 0 heterocycles. The van der Waals surface area contributed by atoms with E-state index in [0.29, 0.717) is 10.3 Å². The van der Waals surface area contributed by atoms with Gasteiger partial charge < -0.3 is 0 Å². The Morgan fingerprint density at radius 2 is 1.47 bits per heavy atom. The van der Waals surface area contributed by atoms with E-state index in [1.54, 1.807) is 0 Å². The van der Waals surface area contributed by atoms with Gasteiger partial charge in [0.25, 0.3) is 0 Å². The van der Waals surface area contributed by atoms with E-state index in [2.05, 4.69) is 41.5 Å². The fourth-order valence-corrected chi connectivity index (χ4v) is 9.12. The van der Waals surface area contributed by atoms with Crippen LogP contribution >= 0.6 is 7.92 Å². The molecule has 1 unspecified atom stereocenters. The van der Waals surface area contributed by atoms with Gasteiger partial charge in [0, 0.05) is 5.66 Å². The van der Waals surface area contributed by atoms with Gasteiger partial charge in [0.15, 0.2) is 0 Å². The Kier molecular flexibility index (Phi) is 3.50. The number of hydrogen-bond acceptors (Lipinski definition) is 0. The number of rotatable bonds is 1. The van der Waals surface area contributed by atoms with E-state index in [1.807, 2.05) is 11.1 Å². The number of allylic oxidation sites excluding steroid dienone is 2. The lowest BCUT2D eigenvalue weighted by molar-refractivity contribution is 0.675. The Balaban J connectivity index is 2.30. The van der Waals surface area contributed by atoms with Gasteiger partial charge in [0.1, 0.15) is 0 Å². The topological polar surface area (TPSA) is 0 Å². The van der Waals surface area contributed by atoms with Gasteiger partial charge in [0.2, 0.25) is 0 Å². The van der Waals surface area contributed by atoms with Crippen molar-refractivity contribution < 1.29 is 0 Å². The highest BCUT2D eigenvalue weighted by molar-refractivity contribution is 7.61. The van der Waals surface area contributed by atoms with Crippen molar-refractivity contribution in [3.8, 4) is 0 Å². The molecule has 0 bridgehead atoms. The van der Waals surface area contributed by atoms with Crippen LogP contribution in [0.25, 0.3) is 0 Å². The van der Waals surface area contributed by atoms with Crippen LogP contribution in [0.3, 0.4) is 0 Å². The fourth-order valence-electron chi connectivity index (χ4n) is 4.23. The summed E-state index contributed by atoms with van der Waals surface area (Å²) in [7, 11) is 0.0665. The highest BCUT2D eigenvalue weighted by Gasteiger charge is 2.44. The Morgan fingerprint density at radius 3 is 2.00 bits per heavy atom. The molecule has 2 aliphatic rings. The molecule has 17 heavy (non-hydrogen) atoms. The van der Waals surface area contributed by atoms with Crippen LogP contribution in [0.1, 0.15) is 73.6 Å². The van der Waals surface area contributed by atoms with E-state index in [-0.39, 0.29) is 7.92 Å². The van der Waals surface area contributed by atoms with Gasteiger partial charge in [-0.3, -0.25) is 0 Å². The molecular weight excluding hydrogens is 223 g/mol. The molecule has 0 saturated heterocycles. The van der Waals surface area contributed by atoms with Crippen LogP contribution in [0, 0.1) is 0 Å². The molecule has 0 fully saturated rings. The average Bonchev–Trinajstić information content (AvgIpc) is 2.63. The first-order valence-corrected chi connectivity index (χ1v) is 8.62. The molecule has 98 valence electrons. The summed E-state index contributed by atoms with van der Waals surface area (Å²) in [5.74, 6) is 0. The van der Waals surface area contributed by atoms with Gasteiger partial charge in [-0.05, 0) is 42.4 Å². The molecule has 0 aliphatic heterocycles. The maximum Gasteiger partial charge on any atom is 0.00157 e. The Bertz CT molecular complexity index is 310. The van der Waals surface area contributed by atoms with E-state index in [0.717, 1.165) is 5.66 Å². The summed E-state index contributed by atoms with van der Waals surface area (Å²) < 4.78 is 0. The van der Waals surface area contributed by atoms with Gasteiger partial charge in [-0.2, -0.15) is 0 Å². The summed E-state index contributed by atoms with van der Waals surface area (Å²) in [4.78, 5) is 0. The number of hydrogen-bond donors (Lipinski definition) is 0. The summed E-state index contributed by atoms with van der Waals surface area (Å²) in [6, 6.07) is 0. The first-order valence-electron chi connectivity index (χ1n) is 7.21. The quantitative estimate of drug-likeness (QED) is 0.414. The van der Waals surface area contributed by atoms with Crippen LogP contribution in [0.4, 0.5) is 0 Å². The van der Waals surface area contributed by atoms with Crippen molar-refractivity contribution in [2.75, 3.05) is 0 Å². The second kappa shape index (κ2) is 4.37. The molecule has 1 atom stereocenters. The highest BCUT2D eigenvalue weighted by Crippen LogP contribution is 2.67. The van der Waals surface area contributed by atoms with Crippen molar-refractivity contribution in [2.24, 2.45) is 0 Å². The molecule has 0 saturated carbocycles. The summed E-state index contributed by atoms with van der Waals surface area (Å²) in [6.45, 7) is 14.8. The van der Waals surface area contributed by atoms with Crippen LogP contribution < -0.4 is 0 Å². The molecule has 0 radical (unpaired) electrons. The molecule has 2 aliphatic carbocycles. The minimum atomic E-state index is 0.0665. The Hall–Kier alpha value is 0.170. The van der Waals surface area contributed by atoms with E-state index in [1.165, 1.54) is 32.1 Å². The fraction of sp³-hybridized carbons (Fsp3) is 0.875. The second-order valence-corrected chi connectivity index (χ2v) is 11.8. The van der Waals surface area contributed by atoms with Gasteiger partial charge in [-0.25, -0.2) is 0 Å². The zero-order valence-electron chi connectivity index (χ0n) is 12.6. The van der Waals surface area contributed by atoms with Crippen LogP contribution in [0.15, 0.2) is 11.1 Å². The SMILES string of the molecule is CC(C)(C)P(C1CCC2=C1CCC2)C(C)(C)C. The molecule has 0 aromatic carbocycles. The van der Waals surface area contributed by atoms with Crippen molar-refractivity contribution in [3.05, 3.63) is 11.1 Å². The van der Waals surface area contributed by atoms with Gasteiger partial charge in [-0.1, -0.05) is 60.6 Å². The summed E-state index contributed by atoms with van der Waals surface area (Å²) >= 11 is 0. The third-order valence-corrected chi connectivity index (χ3v) is 8.34. The molecule has 0 aromatic rings. The molecular formula is C16H29P. The van der Waals surface area contributed by atoms with E-state index >= 15 is 0 Å². The maximum absolute atomic E-state index is 2.47. The van der Waals surface area contributed by atoms with Crippen molar-refractivity contribution in [3.63, 3.8) is 0 Å². The minimum Gasteiger partial charge on any atom is -0.0883 e. The van der Waals surface area contributed by atoms with Gasteiger partial charge in [0.05, 0.1) is 0 Å². The minimum absolute atomic E-state index is 0.0665. The Morgan fingerprint density at radius 1 is 0.882 bits per heavy atom. The maximum atomic E-state index is 2.47. The van der Waals surface area contributed by atoms with Crippen molar-refractivity contribution in [2.45, 2.75) is 89.6 Å². The first-order chi connectivity index (χ1) is 7.71. The molecule has 0 nitrogen and oxygen atoms in total. The van der Waals surface area contributed by atoms with Crippen molar-refractivity contribution in [1.82, 2.24) is 0 Å². The third kappa shape index (κ3) is 2.62. The first kappa shape index (κ1) is 13.6. The lowest BCUT2D eigenvalue weighted by Gasteiger charge is -2.46. The van der Waals surface area contributed by atoms with Crippen LogP contribution in [0.5, 0.6) is 0 Å². The molecule has 0 amide bonds. The largest absolute Gasteiger partial charge is 0.0883 e. The van der Waals surface area contributed by atoms with E-state index < -0.39 is 0 Å². The molecule has 0 aromatic heterocycles. The highest BCUT2D eigenvalue weighted by atomic mass is 31.1. The van der Waals surface area contributed by atoms with Crippen molar-refractivity contribution >= 4 is 7.92 Å². The lowest BCUT2D eigenvalue weighted by atomic mass is 10.1. The summed E-state index contributed by atoms with van der Waals surface area (Å²) in [6.07, 6.45) is 7.17. The summed E-state index contributed by atoms with van der Waals surface area (Å²) in [5.41, 5.74) is 4.71. The smallest absolute Gasteiger partial charge is 0.00157 e. The summed E-state index contributed by atoms with van der Waals surface area (Å²) in [5, 5.41) is 0.979.